The molecule has 66 heavy (non-hydrogen) atoms. The van der Waals surface area contributed by atoms with Crippen LogP contribution in [0.3, 0.4) is 0 Å². The second-order valence-electron chi connectivity index (χ2n) is 16.0. The van der Waals surface area contributed by atoms with Gasteiger partial charge in [0.2, 0.25) is 11.8 Å². The second-order valence-corrected chi connectivity index (χ2v) is 25.5. The predicted octanol–water partition coefficient (Wildman–Crippen LogP) is 7.90. The zero-order chi connectivity index (χ0) is 48.1. The number of Topliss-reactive ketones (excluding diaryl/α,β-unsaturated/α-hetero) is 2. The molecule has 0 aliphatic carbocycles. The van der Waals surface area contributed by atoms with Crippen molar-refractivity contribution in [3.8, 4) is 0 Å². The average molecular weight is 1050 g/mol. The first-order valence-electron chi connectivity index (χ1n) is 23.3. The summed E-state index contributed by atoms with van der Waals surface area (Å²) in [6, 6.07) is -0.637. The number of ketones is 2. The molecule has 2 aliphatic heterocycles. The number of ether oxygens (including phenoxy) is 4. The first-order chi connectivity index (χ1) is 31.9. The van der Waals surface area contributed by atoms with Crippen LogP contribution in [0.15, 0.2) is 0 Å². The summed E-state index contributed by atoms with van der Waals surface area (Å²) in [7, 11) is 10.5. The summed E-state index contributed by atoms with van der Waals surface area (Å²) in [4.78, 5) is 82.7. The van der Waals surface area contributed by atoms with E-state index in [1.807, 2.05) is 21.6 Å². The van der Waals surface area contributed by atoms with E-state index in [-0.39, 0.29) is 116 Å². The predicted molar refractivity (Wildman–Crippen MR) is 266 cm³/mol. The number of rotatable bonds is 46. The van der Waals surface area contributed by atoms with E-state index >= 15 is 0 Å². The number of hydrogen-bond acceptors (Lipinski definition) is 18. The number of aliphatic carboxylic acids is 3. The molecule has 2 heterocycles. The van der Waals surface area contributed by atoms with Gasteiger partial charge in [0.1, 0.15) is 29.7 Å². The number of carboxylic acid groups (broad SMARTS) is 3. The molecule has 17 nitrogen and oxygen atoms in total. The van der Waals surface area contributed by atoms with Gasteiger partial charge in [-0.1, -0.05) is 85.8 Å². The quantitative estimate of drug-likeness (QED) is 0.0192. The molecule has 0 aromatic heterocycles. The Labute approximate surface area is 414 Å². The molecule has 2 saturated heterocycles. The Morgan fingerprint density at radius 2 is 1.03 bits per heavy atom. The Balaban J connectivity index is 1.31. The average Bonchev–Trinajstić information content (AvgIpc) is 4.05. The molecule has 0 bridgehead atoms. The monoisotopic (exact) mass is 1050 g/mol. The lowest BCUT2D eigenvalue weighted by Gasteiger charge is -2.27. The van der Waals surface area contributed by atoms with Crippen molar-refractivity contribution in [2.45, 2.75) is 155 Å². The van der Waals surface area contributed by atoms with Crippen LogP contribution in [0.1, 0.15) is 141 Å². The van der Waals surface area contributed by atoms with Crippen LogP contribution >= 0.6 is 64.8 Å². The summed E-state index contributed by atoms with van der Waals surface area (Å²) in [5.41, 5.74) is 0. The van der Waals surface area contributed by atoms with Gasteiger partial charge in [-0.25, -0.2) is 0 Å². The maximum atomic E-state index is 12.4. The molecule has 0 aromatic carbocycles. The van der Waals surface area contributed by atoms with Gasteiger partial charge >= 0.3 is 17.9 Å². The Morgan fingerprint density at radius 3 is 1.62 bits per heavy atom. The van der Waals surface area contributed by atoms with Gasteiger partial charge in [0.15, 0.2) is 8.53 Å². The van der Waals surface area contributed by atoms with Crippen molar-refractivity contribution in [1.82, 2.24) is 16.0 Å². The summed E-state index contributed by atoms with van der Waals surface area (Å²) in [5, 5.41) is 36.5. The van der Waals surface area contributed by atoms with Crippen molar-refractivity contribution in [3.63, 3.8) is 0 Å². The fourth-order valence-corrected chi connectivity index (χ4v) is 19.5. The Bertz CT molecular complexity index is 1410. The van der Waals surface area contributed by atoms with E-state index in [1.54, 1.807) is 43.2 Å². The zero-order valence-corrected chi connectivity index (χ0v) is 43.0. The summed E-state index contributed by atoms with van der Waals surface area (Å²) in [6.45, 7) is 2.03. The highest BCUT2D eigenvalue weighted by molar-refractivity contribution is 9.14. The van der Waals surface area contributed by atoms with Crippen LogP contribution in [0, 0.1) is 5.92 Å². The van der Waals surface area contributed by atoms with E-state index in [0.29, 0.717) is 45.3 Å². The van der Waals surface area contributed by atoms with Crippen molar-refractivity contribution in [1.29, 1.82) is 0 Å². The standard InChI is InChI=1S/C43H73N3O14S6/c47-34(16-11-9-7-5-3-1-2-4-6-8-10-12-19-39(51)52)30-33(40(53)54)20-21-37(49)45-23-25-58-27-28-59-31-35(48)17-15-24-57-26-29-60-32-38(50)44-22-14-13-18-36(41(55)56)46-42-61-63-43(64-62-42)65-66-43/h33,36,42,46H,1-32H2,(H,44,50)(H,45,49)(H,51,52)(H,53,54)(H,55,56)/t33-,36+/m1/s1. The number of nitrogens with one attached hydrogen (secondary N) is 3. The van der Waals surface area contributed by atoms with Gasteiger partial charge in [0, 0.05) is 51.8 Å². The summed E-state index contributed by atoms with van der Waals surface area (Å²) >= 11 is 0. The van der Waals surface area contributed by atoms with Crippen LogP contribution in [0.4, 0.5) is 0 Å². The van der Waals surface area contributed by atoms with Crippen LogP contribution in [0.5, 0.6) is 0 Å². The molecule has 0 unspecified atom stereocenters. The van der Waals surface area contributed by atoms with Gasteiger partial charge in [0.05, 0.1) is 39.0 Å². The molecule has 380 valence electrons. The van der Waals surface area contributed by atoms with Gasteiger partial charge in [-0.15, -0.1) is 0 Å². The van der Waals surface area contributed by atoms with E-state index in [0.717, 1.165) is 57.8 Å². The van der Waals surface area contributed by atoms with Crippen molar-refractivity contribution in [2.75, 3.05) is 65.9 Å². The minimum absolute atomic E-state index is 0.00418. The SMILES string of the molecule is O=C(O)CCCCCCCCCCCCCCC(=O)C[C@@H](CCC(=O)NCCOCCOCC(=O)CCCOCCOCC(=O)NCCCC[C@H](NC1SSC2(SS1)SS2)C(=O)O)C(=O)O. The molecule has 0 radical (unpaired) electrons. The van der Waals surface area contributed by atoms with Gasteiger partial charge in [-0.05, 0) is 88.1 Å². The number of carbonyl (C=O) groups excluding carboxylic acids is 4. The lowest BCUT2D eigenvalue weighted by molar-refractivity contribution is -0.144. The van der Waals surface area contributed by atoms with E-state index in [4.69, 9.17) is 24.1 Å². The van der Waals surface area contributed by atoms with Crippen molar-refractivity contribution >= 4 is 106 Å². The molecule has 2 atom stereocenters. The van der Waals surface area contributed by atoms with Crippen LogP contribution in [-0.4, -0.2) is 136 Å². The van der Waals surface area contributed by atoms with Gasteiger partial charge in [-0.2, -0.15) is 0 Å². The van der Waals surface area contributed by atoms with E-state index in [9.17, 15) is 43.8 Å². The lowest BCUT2D eigenvalue weighted by atomic mass is 9.94. The molecule has 1 spiro atoms. The topological polar surface area (TPSA) is 253 Å². The third-order valence-electron chi connectivity index (χ3n) is 10.3. The first-order valence-corrected chi connectivity index (χ1v) is 29.8. The van der Waals surface area contributed by atoms with Crippen molar-refractivity contribution in [2.24, 2.45) is 5.92 Å². The molecule has 0 saturated carbocycles. The maximum Gasteiger partial charge on any atom is 0.320 e. The van der Waals surface area contributed by atoms with Crippen molar-refractivity contribution < 1.29 is 67.8 Å². The first kappa shape index (κ1) is 60.7. The molecule has 0 aromatic rings. The summed E-state index contributed by atoms with van der Waals surface area (Å²) < 4.78 is 21.8. The Morgan fingerprint density at radius 1 is 0.485 bits per heavy atom. The van der Waals surface area contributed by atoms with E-state index < -0.39 is 29.9 Å². The van der Waals surface area contributed by atoms with E-state index in [2.05, 4.69) is 16.0 Å². The largest absolute Gasteiger partial charge is 0.481 e. The normalized spacial score (nSPS) is 15.3. The maximum absolute atomic E-state index is 12.4. The van der Waals surface area contributed by atoms with Crippen LogP contribution in [-0.2, 0) is 52.5 Å². The highest BCUT2D eigenvalue weighted by atomic mass is 33.2. The van der Waals surface area contributed by atoms with Gasteiger partial charge < -0.3 is 44.9 Å². The fourth-order valence-electron chi connectivity index (χ4n) is 6.52. The number of carboxylic acids is 3. The van der Waals surface area contributed by atoms with Crippen molar-refractivity contribution in [3.05, 3.63) is 0 Å². The molecule has 2 aliphatic rings. The highest BCUT2D eigenvalue weighted by Gasteiger charge is 2.52. The van der Waals surface area contributed by atoms with Crippen LogP contribution in [0.25, 0.3) is 0 Å². The Hall–Kier alpha value is -1.41. The van der Waals surface area contributed by atoms with E-state index in [1.165, 1.54) is 19.3 Å². The molecule has 6 N–H and O–H groups in total. The number of amides is 2. The molecule has 2 amide bonds. The van der Waals surface area contributed by atoms with Crippen LogP contribution < -0.4 is 16.0 Å². The molecule has 2 rings (SSSR count). The minimum Gasteiger partial charge on any atom is -0.481 e. The smallest absolute Gasteiger partial charge is 0.320 e. The molecular weight excluding hydrogens is 975 g/mol. The zero-order valence-electron chi connectivity index (χ0n) is 38.1. The molecular formula is C43H73N3O14S6. The number of unbranched alkanes of at least 4 members (excludes halogenated alkanes) is 12. The second kappa shape index (κ2) is 39.3. The lowest BCUT2D eigenvalue weighted by Crippen LogP contribution is -2.41. The number of hydrogen-bond donors (Lipinski definition) is 6. The third kappa shape index (κ3) is 34.0. The summed E-state index contributed by atoms with van der Waals surface area (Å²) in [5.74, 6) is -4.30. The third-order valence-corrected chi connectivity index (χ3v) is 23.6. The fraction of sp³-hybridized carbons (Fsp3) is 0.837. The minimum atomic E-state index is -1.08. The number of carbonyl (C=O) groups is 7. The molecule has 23 heteroatoms. The highest BCUT2D eigenvalue weighted by Crippen LogP contribution is 2.84. The van der Waals surface area contributed by atoms with Gasteiger partial charge in [-0.3, -0.25) is 38.9 Å². The molecule has 2 fully saturated rings. The van der Waals surface area contributed by atoms with Gasteiger partial charge in [0.25, 0.3) is 0 Å². The Kier molecular flexibility index (Phi) is 36.2. The summed E-state index contributed by atoms with van der Waals surface area (Å²) in [6.07, 6.45) is 15.7. The van der Waals surface area contributed by atoms with Crippen LogP contribution in [0.2, 0.25) is 0 Å².